The summed E-state index contributed by atoms with van der Waals surface area (Å²) in [6.07, 6.45) is 0. The molecule has 0 rings (SSSR count). The third-order valence-electron chi connectivity index (χ3n) is 0.228. The van der Waals surface area contributed by atoms with Crippen molar-refractivity contribution in [3.63, 3.8) is 0 Å². The molecular formula is H2O9S2Zr. The maximum atomic E-state index is 9.57. The van der Waals surface area contributed by atoms with E-state index in [0.717, 1.165) is 0 Å². The van der Waals surface area contributed by atoms with Crippen LogP contribution in [0, 0.1) is 0 Å². The Morgan fingerprint density at radius 3 is 1.25 bits per heavy atom. The molecule has 0 unspecified atom stereocenters. The average Bonchev–Trinajstić information content (AvgIpc) is 1.55. The Hall–Kier alpha value is 0.583. The van der Waals surface area contributed by atoms with Crippen molar-refractivity contribution < 1.29 is 65.9 Å². The van der Waals surface area contributed by atoms with Gasteiger partial charge in [0.25, 0.3) is 0 Å². The standard InChI is InChI=1S/H2O9S2.Zr/c1-10(2,3)8-7-9-11(4,5)6;/h(H,1,2,3)(H,4,5,6);. The Morgan fingerprint density at radius 2 is 1.08 bits per heavy atom. The fraction of sp³-hybridized carbons (Fsp3) is 0. The van der Waals surface area contributed by atoms with Crippen LogP contribution < -0.4 is 0 Å². The molecule has 0 aromatic carbocycles. The molecule has 0 aromatic rings. The Morgan fingerprint density at radius 1 is 0.833 bits per heavy atom. The summed E-state index contributed by atoms with van der Waals surface area (Å²) in [5.41, 5.74) is 0. The molecule has 0 saturated carbocycles. The van der Waals surface area contributed by atoms with Gasteiger partial charge in [0.15, 0.2) is 0 Å². The van der Waals surface area contributed by atoms with Gasteiger partial charge in [-0.05, 0) is 5.04 Å². The van der Waals surface area contributed by atoms with Gasteiger partial charge in [0.1, 0.15) is 0 Å². The molecule has 0 amide bonds. The van der Waals surface area contributed by atoms with Crippen molar-refractivity contribution in [1.29, 1.82) is 0 Å². The number of rotatable bonds is 4. The van der Waals surface area contributed by atoms with E-state index in [0.29, 0.717) is 0 Å². The van der Waals surface area contributed by atoms with E-state index in [1.165, 1.54) is 0 Å². The minimum Gasteiger partial charge on any atom is -0.262 e. The summed E-state index contributed by atoms with van der Waals surface area (Å²) in [4.78, 5) is 0. The van der Waals surface area contributed by atoms with Crippen LogP contribution in [0.1, 0.15) is 0 Å². The van der Waals surface area contributed by atoms with E-state index in [1.54, 1.807) is 0 Å². The van der Waals surface area contributed by atoms with Crippen LogP contribution in [0.5, 0.6) is 0 Å². The van der Waals surface area contributed by atoms with Crippen molar-refractivity contribution in [3.8, 4) is 0 Å². The summed E-state index contributed by atoms with van der Waals surface area (Å²) in [5, 5.41) is 2.89. The molecule has 0 saturated heterocycles. The van der Waals surface area contributed by atoms with E-state index >= 15 is 0 Å². The second-order valence-electron chi connectivity index (χ2n) is 1.06. The minimum atomic E-state index is -4.97. The summed E-state index contributed by atoms with van der Waals surface area (Å²) in [7, 11) is -9.94. The van der Waals surface area contributed by atoms with Crippen LogP contribution in [0.25, 0.3) is 0 Å². The van der Waals surface area contributed by atoms with E-state index in [4.69, 9.17) is 9.11 Å². The molecule has 12 heteroatoms. The van der Waals surface area contributed by atoms with Crippen molar-refractivity contribution >= 4 is 20.8 Å². The molecule has 0 bridgehead atoms. The molecule has 9 nitrogen and oxygen atoms in total. The third-order valence-corrected chi connectivity index (χ3v) is 0.683. The Kier molecular flexibility index (Phi) is 6.71. The van der Waals surface area contributed by atoms with Gasteiger partial charge < -0.3 is 0 Å². The first-order valence-corrected chi connectivity index (χ1v) is 4.43. The minimum absolute atomic E-state index is 0. The van der Waals surface area contributed by atoms with Crippen molar-refractivity contribution in [3.05, 3.63) is 0 Å². The topological polar surface area (TPSA) is 136 Å². The quantitative estimate of drug-likeness (QED) is 0.360. The molecular weight excluding hydrogens is 299 g/mol. The van der Waals surface area contributed by atoms with Gasteiger partial charge in [0, 0.05) is 26.2 Å². The summed E-state index contributed by atoms with van der Waals surface area (Å²) in [6.45, 7) is 0. The molecule has 0 aliphatic heterocycles. The predicted molar refractivity (Wildman–Crippen MR) is 26.4 cm³/mol. The molecule has 0 aliphatic rings. The van der Waals surface area contributed by atoms with Crippen LogP contribution in [-0.4, -0.2) is 25.9 Å². The summed E-state index contributed by atoms with van der Waals surface area (Å²) in [6, 6.07) is 0. The molecule has 2 N–H and O–H groups in total. The Labute approximate surface area is 86.5 Å². The van der Waals surface area contributed by atoms with Crippen LogP contribution in [0.15, 0.2) is 0 Å². The monoisotopic (exact) mass is 300 g/mol. The van der Waals surface area contributed by atoms with Crippen LogP contribution >= 0.6 is 0 Å². The molecule has 0 atom stereocenters. The Balaban J connectivity index is 0. The zero-order valence-corrected chi connectivity index (χ0v) is 9.16. The maximum absolute atomic E-state index is 9.57. The molecule has 0 fully saturated rings. The van der Waals surface area contributed by atoms with Crippen LogP contribution in [-0.2, 0) is 60.7 Å². The summed E-state index contributed by atoms with van der Waals surface area (Å²) in [5.74, 6) is 0. The SMILES string of the molecule is O=S(=O)(O)OOOS(=O)(=O)O.[Zr]. The van der Waals surface area contributed by atoms with Gasteiger partial charge in [-0.1, -0.05) is 8.67 Å². The van der Waals surface area contributed by atoms with Gasteiger partial charge in [-0.2, -0.15) is 16.8 Å². The van der Waals surface area contributed by atoms with E-state index in [9.17, 15) is 16.8 Å². The summed E-state index contributed by atoms with van der Waals surface area (Å²) < 4.78 is 59.4. The molecule has 72 valence electrons. The zero-order valence-electron chi connectivity index (χ0n) is 5.07. The van der Waals surface area contributed by atoms with Gasteiger partial charge in [-0.15, -0.1) is 0 Å². The molecule has 0 spiro atoms. The van der Waals surface area contributed by atoms with Gasteiger partial charge in [0.05, 0.1) is 0 Å². The molecule has 0 radical (unpaired) electrons. The van der Waals surface area contributed by atoms with Gasteiger partial charge in [-0.3, -0.25) is 9.11 Å². The van der Waals surface area contributed by atoms with Crippen molar-refractivity contribution in [2.45, 2.75) is 0 Å². The Bertz CT molecular complexity index is 261. The molecule has 0 heterocycles. The average molecular weight is 301 g/mol. The fourth-order valence-electron chi connectivity index (χ4n) is 0.0815. The zero-order chi connectivity index (χ0) is 9.12. The summed E-state index contributed by atoms with van der Waals surface area (Å²) >= 11 is 0. The molecule has 0 aliphatic carbocycles. The van der Waals surface area contributed by atoms with Gasteiger partial charge in [-0.25, -0.2) is 0 Å². The number of hydrogen-bond acceptors (Lipinski definition) is 7. The first-order valence-electron chi connectivity index (χ1n) is 1.70. The predicted octanol–water partition coefficient (Wildman–Crippen LogP) is -1.53. The van der Waals surface area contributed by atoms with Crippen LogP contribution in [0.2, 0.25) is 0 Å². The van der Waals surface area contributed by atoms with E-state index < -0.39 is 20.8 Å². The largest absolute Gasteiger partial charge is 0.426 e. The van der Waals surface area contributed by atoms with Crippen molar-refractivity contribution in [2.24, 2.45) is 0 Å². The smallest absolute Gasteiger partial charge is 0.262 e. The molecule has 0 aromatic heterocycles. The van der Waals surface area contributed by atoms with Gasteiger partial charge in [0.2, 0.25) is 0 Å². The maximum Gasteiger partial charge on any atom is 0.426 e. The fourth-order valence-corrected chi connectivity index (χ4v) is 0.313. The first-order chi connectivity index (χ1) is 4.71. The van der Waals surface area contributed by atoms with E-state index in [2.05, 4.69) is 13.7 Å². The van der Waals surface area contributed by atoms with Gasteiger partial charge >= 0.3 is 20.8 Å². The van der Waals surface area contributed by atoms with Crippen LogP contribution in [0.4, 0.5) is 0 Å². The van der Waals surface area contributed by atoms with Crippen LogP contribution in [0.3, 0.4) is 0 Å². The van der Waals surface area contributed by atoms with Crippen molar-refractivity contribution in [1.82, 2.24) is 0 Å². The third kappa shape index (κ3) is 13.2. The molecule has 12 heavy (non-hydrogen) atoms. The van der Waals surface area contributed by atoms with E-state index in [-0.39, 0.29) is 26.2 Å². The number of hydrogen-bond donors (Lipinski definition) is 2. The second-order valence-corrected chi connectivity index (χ2v) is 3.04. The first kappa shape index (κ1) is 15.1. The normalized spacial score (nSPS) is 12.2. The second kappa shape index (κ2) is 5.34. The van der Waals surface area contributed by atoms with Crippen molar-refractivity contribution in [2.75, 3.05) is 0 Å². The van der Waals surface area contributed by atoms with E-state index in [1.807, 2.05) is 0 Å².